The van der Waals surface area contributed by atoms with Gasteiger partial charge in [-0.25, -0.2) is 0 Å². The number of para-hydroxylation sites is 1. The maximum Gasteiger partial charge on any atom is 0.320 e. The Morgan fingerprint density at radius 1 is 1.50 bits per heavy atom. The topological polar surface area (TPSA) is 75.6 Å². The smallest absolute Gasteiger partial charge is 0.320 e. The fourth-order valence-electron chi connectivity index (χ4n) is 1.63. The first-order valence-electron chi connectivity index (χ1n) is 5.70. The molecule has 0 spiro atoms. The third-order valence-electron chi connectivity index (χ3n) is 2.60. The van der Waals surface area contributed by atoms with Gasteiger partial charge in [-0.15, -0.1) is 0 Å². The molecule has 0 aromatic heterocycles. The Morgan fingerprint density at radius 3 is 2.83 bits per heavy atom. The molecule has 0 radical (unpaired) electrons. The highest BCUT2D eigenvalue weighted by molar-refractivity contribution is 5.73. The first-order chi connectivity index (χ1) is 8.69. The van der Waals surface area contributed by atoms with Crippen molar-refractivity contribution in [2.24, 2.45) is 0 Å². The van der Waals surface area contributed by atoms with Crippen molar-refractivity contribution in [1.29, 1.82) is 0 Å². The van der Waals surface area contributed by atoms with Crippen LogP contribution in [0, 0.1) is 0 Å². The first kappa shape index (κ1) is 14.2. The Balaban J connectivity index is 2.60. The van der Waals surface area contributed by atoms with Crippen LogP contribution in [0.2, 0.25) is 0 Å². The van der Waals surface area contributed by atoms with E-state index in [-0.39, 0.29) is 12.8 Å². The third kappa shape index (κ3) is 4.18. The van der Waals surface area contributed by atoms with Crippen LogP contribution in [0.3, 0.4) is 0 Å². The van der Waals surface area contributed by atoms with Crippen molar-refractivity contribution in [2.45, 2.75) is 25.4 Å². The summed E-state index contributed by atoms with van der Waals surface area (Å²) in [6, 6.07) is 6.67. The lowest BCUT2D eigenvalue weighted by atomic mass is 10.1. The van der Waals surface area contributed by atoms with Crippen LogP contribution >= 0.6 is 0 Å². The van der Waals surface area contributed by atoms with Crippen molar-refractivity contribution in [3.05, 3.63) is 29.8 Å². The van der Waals surface area contributed by atoms with E-state index in [1.54, 1.807) is 7.11 Å². The molecule has 98 valence electrons. The zero-order valence-electron chi connectivity index (χ0n) is 10.3. The predicted octanol–water partition coefficient (Wildman–Crippen LogP) is 1.22. The van der Waals surface area contributed by atoms with Crippen molar-refractivity contribution in [3.8, 4) is 5.75 Å². The summed E-state index contributed by atoms with van der Waals surface area (Å²) in [5, 5.41) is 11.9. The van der Waals surface area contributed by atoms with Gasteiger partial charge in [-0.3, -0.25) is 4.79 Å². The Labute approximate surface area is 106 Å². The number of carboxylic acid groups (broad SMARTS) is 1. The second kappa shape index (κ2) is 7.45. The summed E-state index contributed by atoms with van der Waals surface area (Å²) in [6.45, 7) is 0.389. The number of ether oxygens (including phenoxy) is 1. The molecule has 0 aliphatic carbocycles. The number of carbonyl (C=O) groups excluding carboxylic acids is 1. The van der Waals surface area contributed by atoms with E-state index in [0.717, 1.165) is 11.8 Å². The molecule has 5 nitrogen and oxygen atoms in total. The molecule has 2 N–H and O–H groups in total. The monoisotopic (exact) mass is 251 g/mol. The summed E-state index contributed by atoms with van der Waals surface area (Å²) >= 11 is 0. The Morgan fingerprint density at radius 2 is 2.22 bits per heavy atom. The number of hydrogen-bond donors (Lipinski definition) is 2. The van der Waals surface area contributed by atoms with Crippen molar-refractivity contribution in [3.63, 3.8) is 0 Å². The molecule has 1 aromatic carbocycles. The average Bonchev–Trinajstić information content (AvgIpc) is 2.38. The van der Waals surface area contributed by atoms with E-state index in [1.165, 1.54) is 0 Å². The molecule has 1 unspecified atom stereocenters. The fourth-order valence-corrected chi connectivity index (χ4v) is 1.63. The Kier molecular flexibility index (Phi) is 5.87. The van der Waals surface area contributed by atoms with Crippen molar-refractivity contribution >= 4 is 12.3 Å². The fraction of sp³-hybridized carbons (Fsp3) is 0.385. The number of hydrogen-bond acceptors (Lipinski definition) is 4. The van der Waals surface area contributed by atoms with Gasteiger partial charge in [0, 0.05) is 18.5 Å². The zero-order chi connectivity index (χ0) is 13.4. The number of methoxy groups -OCH3 is 1. The minimum Gasteiger partial charge on any atom is -0.496 e. The van der Waals surface area contributed by atoms with Gasteiger partial charge in [0.2, 0.25) is 0 Å². The van der Waals surface area contributed by atoms with Gasteiger partial charge >= 0.3 is 5.97 Å². The van der Waals surface area contributed by atoms with E-state index in [2.05, 4.69) is 5.32 Å². The van der Waals surface area contributed by atoms with E-state index in [1.807, 2.05) is 24.3 Å². The summed E-state index contributed by atoms with van der Waals surface area (Å²) in [5.41, 5.74) is 0.886. The number of carbonyl (C=O) groups is 2. The molecular weight excluding hydrogens is 234 g/mol. The second-order valence-electron chi connectivity index (χ2n) is 3.83. The van der Waals surface area contributed by atoms with Crippen molar-refractivity contribution in [2.75, 3.05) is 7.11 Å². The van der Waals surface area contributed by atoms with Gasteiger partial charge in [-0.2, -0.15) is 0 Å². The number of aldehydes is 1. The van der Waals surface area contributed by atoms with E-state index >= 15 is 0 Å². The highest BCUT2D eigenvalue weighted by atomic mass is 16.5. The maximum atomic E-state index is 11.0. The van der Waals surface area contributed by atoms with Crippen LogP contribution in [0.15, 0.2) is 24.3 Å². The Bertz CT molecular complexity index is 406. The highest BCUT2D eigenvalue weighted by Gasteiger charge is 2.16. The lowest BCUT2D eigenvalue weighted by Crippen LogP contribution is -2.36. The maximum absolute atomic E-state index is 11.0. The molecule has 1 rings (SSSR count). The molecule has 0 fully saturated rings. The lowest BCUT2D eigenvalue weighted by Gasteiger charge is -2.14. The number of aliphatic carboxylic acids is 1. The molecule has 5 heteroatoms. The molecule has 0 saturated carbocycles. The SMILES string of the molecule is COc1ccccc1CNC(CCC=O)C(=O)O. The quantitative estimate of drug-likeness (QED) is 0.679. The summed E-state index contributed by atoms with van der Waals surface area (Å²) in [6.07, 6.45) is 1.24. The molecular formula is C13H17NO4. The molecule has 0 aliphatic rings. The van der Waals surface area contributed by atoms with Gasteiger partial charge in [-0.05, 0) is 12.5 Å². The Hall–Kier alpha value is -1.88. The van der Waals surface area contributed by atoms with Crippen molar-refractivity contribution in [1.82, 2.24) is 5.32 Å². The third-order valence-corrected chi connectivity index (χ3v) is 2.60. The van der Waals surface area contributed by atoms with Crippen LogP contribution in [-0.2, 0) is 16.1 Å². The largest absolute Gasteiger partial charge is 0.496 e. The van der Waals surface area contributed by atoms with E-state index in [4.69, 9.17) is 9.84 Å². The number of rotatable bonds is 8. The lowest BCUT2D eigenvalue weighted by molar-refractivity contribution is -0.139. The van der Waals surface area contributed by atoms with E-state index in [0.29, 0.717) is 12.3 Å². The van der Waals surface area contributed by atoms with Crippen LogP contribution < -0.4 is 10.1 Å². The predicted molar refractivity (Wildman–Crippen MR) is 66.6 cm³/mol. The minimum absolute atomic E-state index is 0.232. The first-order valence-corrected chi connectivity index (χ1v) is 5.70. The summed E-state index contributed by atoms with van der Waals surface area (Å²) < 4.78 is 5.18. The zero-order valence-corrected chi connectivity index (χ0v) is 10.3. The highest BCUT2D eigenvalue weighted by Crippen LogP contribution is 2.17. The van der Waals surface area contributed by atoms with Crippen LogP contribution in [-0.4, -0.2) is 30.5 Å². The van der Waals surface area contributed by atoms with Gasteiger partial charge in [-0.1, -0.05) is 18.2 Å². The number of nitrogens with one attached hydrogen (secondary N) is 1. The standard InChI is InChI=1S/C13H17NO4/c1-18-12-7-3-2-5-10(12)9-14-11(13(16)17)6-4-8-15/h2-3,5,7-8,11,14H,4,6,9H2,1H3,(H,16,17). The van der Waals surface area contributed by atoms with Gasteiger partial charge in [0.05, 0.1) is 7.11 Å². The number of carboxylic acids is 1. The van der Waals surface area contributed by atoms with Crippen LogP contribution in [0.25, 0.3) is 0 Å². The molecule has 0 bridgehead atoms. The molecule has 0 saturated heterocycles. The van der Waals surface area contributed by atoms with E-state index in [9.17, 15) is 9.59 Å². The minimum atomic E-state index is -0.952. The average molecular weight is 251 g/mol. The molecule has 1 aromatic rings. The normalized spacial score (nSPS) is 11.8. The van der Waals surface area contributed by atoms with Gasteiger partial charge in [0.25, 0.3) is 0 Å². The molecule has 1 atom stereocenters. The van der Waals surface area contributed by atoms with Crippen LogP contribution in [0.5, 0.6) is 5.75 Å². The summed E-state index contributed by atoms with van der Waals surface area (Å²) in [4.78, 5) is 21.2. The van der Waals surface area contributed by atoms with Gasteiger partial charge in [0.15, 0.2) is 0 Å². The summed E-state index contributed by atoms with van der Waals surface area (Å²) in [7, 11) is 1.57. The van der Waals surface area contributed by atoms with Crippen LogP contribution in [0.4, 0.5) is 0 Å². The summed E-state index contributed by atoms with van der Waals surface area (Å²) in [5.74, 6) is -0.240. The van der Waals surface area contributed by atoms with Crippen LogP contribution in [0.1, 0.15) is 18.4 Å². The van der Waals surface area contributed by atoms with Crippen molar-refractivity contribution < 1.29 is 19.4 Å². The van der Waals surface area contributed by atoms with Gasteiger partial charge in [0.1, 0.15) is 18.1 Å². The second-order valence-corrected chi connectivity index (χ2v) is 3.83. The molecule has 0 heterocycles. The number of benzene rings is 1. The van der Waals surface area contributed by atoms with Gasteiger partial charge < -0.3 is 20.0 Å². The van der Waals surface area contributed by atoms with E-state index < -0.39 is 12.0 Å². The molecule has 18 heavy (non-hydrogen) atoms. The molecule has 0 aliphatic heterocycles. The molecule has 0 amide bonds.